The fourth-order valence-corrected chi connectivity index (χ4v) is 3.45. The number of carbonyl (C=O) groups excluding carboxylic acids is 2. The highest BCUT2D eigenvalue weighted by molar-refractivity contribution is 5.84. The summed E-state index contributed by atoms with van der Waals surface area (Å²) in [5.41, 5.74) is 0.633. The third kappa shape index (κ3) is 4.91. The molecular formula is C23H28N2O3. The van der Waals surface area contributed by atoms with E-state index >= 15 is 0 Å². The van der Waals surface area contributed by atoms with E-state index in [9.17, 15) is 9.59 Å². The molecule has 3 rings (SSSR count). The maximum atomic E-state index is 12.7. The van der Waals surface area contributed by atoms with Gasteiger partial charge in [0.05, 0.1) is 0 Å². The molecule has 0 bridgehead atoms. The first-order chi connectivity index (χ1) is 13.5. The van der Waals surface area contributed by atoms with E-state index in [1.54, 1.807) is 11.8 Å². The van der Waals surface area contributed by atoms with Crippen LogP contribution in [0.5, 0.6) is 5.75 Å². The number of nitrogens with zero attached hydrogens (tertiary/aromatic N) is 1. The normalized spacial score (nSPS) is 16.9. The molecular weight excluding hydrogens is 352 g/mol. The highest BCUT2D eigenvalue weighted by Gasteiger charge is 2.38. The molecule has 2 aromatic rings. The summed E-state index contributed by atoms with van der Waals surface area (Å²) in [6, 6.07) is 19.2. The maximum Gasteiger partial charge on any atom is 0.263 e. The second kappa shape index (κ2) is 8.91. The number of hydrogen-bond donors (Lipinski definition) is 1. The molecule has 1 saturated heterocycles. The monoisotopic (exact) mass is 380 g/mol. The number of likely N-dealkylation sites (tertiary alicyclic amines) is 1. The molecule has 1 aliphatic heterocycles. The summed E-state index contributed by atoms with van der Waals surface area (Å²) in [4.78, 5) is 27.2. The lowest BCUT2D eigenvalue weighted by Crippen LogP contribution is -2.51. The number of ether oxygens (including phenoxy) is 1. The number of amides is 2. The lowest BCUT2D eigenvalue weighted by molar-refractivity contribution is -0.144. The van der Waals surface area contributed by atoms with Crippen LogP contribution in [0.2, 0.25) is 0 Å². The van der Waals surface area contributed by atoms with Crippen LogP contribution < -0.4 is 10.1 Å². The van der Waals surface area contributed by atoms with Gasteiger partial charge in [0.25, 0.3) is 5.91 Å². The smallest absolute Gasteiger partial charge is 0.263 e. The van der Waals surface area contributed by atoms with Gasteiger partial charge in [0, 0.05) is 25.0 Å². The fourth-order valence-electron chi connectivity index (χ4n) is 3.45. The zero-order valence-electron chi connectivity index (χ0n) is 16.6. The van der Waals surface area contributed by atoms with Gasteiger partial charge in [-0.2, -0.15) is 0 Å². The van der Waals surface area contributed by atoms with E-state index in [2.05, 4.69) is 5.32 Å². The second-order valence-electron chi connectivity index (χ2n) is 7.63. The van der Waals surface area contributed by atoms with Gasteiger partial charge < -0.3 is 15.0 Å². The third-order valence-electron chi connectivity index (χ3n) is 5.43. The molecule has 0 aliphatic carbocycles. The first-order valence-corrected chi connectivity index (χ1v) is 9.81. The van der Waals surface area contributed by atoms with E-state index in [4.69, 9.17) is 4.74 Å². The highest BCUT2D eigenvalue weighted by atomic mass is 16.5. The van der Waals surface area contributed by atoms with Crippen molar-refractivity contribution in [2.45, 2.75) is 39.3 Å². The number of nitrogens with one attached hydrogen (secondary N) is 1. The van der Waals surface area contributed by atoms with Crippen LogP contribution in [0.4, 0.5) is 0 Å². The number of piperidine rings is 1. The Morgan fingerprint density at radius 3 is 2.21 bits per heavy atom. The van der Waals surface area contributed by atoms with E-state index in [1.807, 2.05) is 67.6 Å². The average molecular weight is 380 g/mol. The third-order valence-corrected chi connectivity index (χ3v) is 5.43. The largest absolute Gasteiger partial charge is 0.481 e. The SMILES string of the molecule is C[C@H](Oc1ccccc1)C(=O)N1CCC(C)(C(=O)NCc2ccccc2)CC1. The molecule has 1 heterocycles. The van der Waals surface area contributed by atoms with Crippen LogP contribution >= 0.6 is 0 Å². The molecule has 1 N–H and O–H groups in total. The van der Waals surface area contributed by atoms with Gasteiger partial charge in [0.2, 0.25) is 5.91 Å². The Morgan fingerprint density at radius 1 is 1.04 bits per heavy atom. The van der Waals surface area contributed by atoms with Crippen molar-refractivity contribution in [3.05, 3.63) is 66.2 Å². The lowest BCUT2D eigenvalue weighted by atomic mass is 9.79. The summed E-state index contributed by atoms with van der Waals surface area (Å²) < 4.78 is 5.75. The number of rotatable bonds is 6. The first-order valence-electron chi connectivity index (χ1n) is 9.81. The Hall–Kier alpha value is -2.82. The predicted octanol–water partition coefficient (Wildman–Crippen LogP) is 3.40. The lowest BCUT2D eigenvalue weighted by Gasteiger charge is -2.39. The van der Waals surface area contributed by atoms with Gasteiger partial charge in [-0.25, -0.2) is 0 Å². The Labute approximate surface area is 166 Å². The molecule has 28 heavy (non-hydrogen) atoms. The van der Waals surface area contributed by atoms with E-state index in [0.29, 0.717) is 38.2 Å². The average Bonchev–Trinajstić information content (AvgIpc) is 2.73. The molecule has 0 radical (unpaired) electrons. The van der Waals surface area contributed by atoms with Crippen LogP contribution in [0.1, 0.15) is 32.3 Å². The first kappa shape index (κ1) is 19.9. The zero-order chi connectivity index (χ0) is 20.0. The van der Waals surface area contributed by atoms with Crippen LogP contribution in [-0.2, 0) is 16.1 Å². The van der Waals surface area contributed by atoms with Crippen LogP contribution in [0.15, 0.2) is 60.7 Å². The zero-order valence-corrected chi connectivity index (χ0v) is 16.6. The minimum atomic E-state index is -0.543. The predicted molar refractivity (Wildman–Crippen MR) is 109 cm³/mol. The summed E-state index contributed by atoms with van der Waals surface area (Å²) in [5.74, 6) is 0.707. The summed E-state index contributed by atoms with van der Waals surface area (Å²) >= 11 is 0. The molecule has 0 aromatic heterocycles. The Kier molecular flexibility index (Phi) is 6.34. The molecule has 1 aliphatic rings. The fraction of sp³-hybridized carbons (Fsp3) is 0.391. The van der Waals surface area contributed by atoms with Gasteiger partial charge in [-0.1, -0.05) is 55.5 Å². The van der Waals surface area contributed by atoms with Crippen molar-refractivity contribution < 1.29 is 14.3 Å². The quantitative estimate of drug-likeness (QED) is 0.836. The van der Waals surface area contributed by atoms with Crippen molar-refractivity contribution in [3.63, 3.8) is 0 Å². The van der Waals surface area contributed by atoms with E-state index in [-0.39, 0.29) is 11.8 Å². The maximum absolute atomic E-state index is 12.7. The van der Waals surface area contributed by atoms with Gasteiger partial charge in [0.15, 0.2) is 6.10 Å². The number of para-hydroxylation sites is 1. The molecule has 1 atom stereocenters. The summed E-state index contributed by atoms with van der Waals surface area (Å²) in [7, 11) is 0. The van der Waals surface area contributed by atoms with Crippen LogP contribution in [-0.4, -0.2) is 35.9 Å². The minimum Gasteiger partial charge on any atom is -0.481 e. The molecule has 0 unspecified atom stereocenters. The van der Waals surface area contributed by atoms with Gasteiger partial charge in [-0.3, -0.25) is 9.59 Å². The van der Waals surface area contributed by atoms with Crippen molar-refractivity contribution in [3.8, 4) is 5.75 Å². The minimum absolute atomic E-state index is 0.0319. The molecule has 1 fully saturated rings. The van der Waals surface area contributed by atoms with Gasteiger partial charge in [-0.05, 0) is 37.5 Å². The van der Waals surface area contributed by atoms with E-state index in [0.717, 1.165) is 5.56 Å². The number of carbonyl (C=O) groups is 2. The molecule has 0 spiro atoms. The van der Waals surface area contributed by atoms with Crippen molar-refractivity contribution in [2.24, 2.45) is 5.41 Å². The second-order valence-corrected chi connectivity index (χ2v) is 7.63. The molecule has 148 valence electrons. The molecule has 2 amide bonds. The number of benzene rings is 2. The van der Waals surface area contributed by atoms with Gasteiger partial charge in [0.1, 0.15) is 5.75 Å². The van der Waals surface area contributed by atoms with E-state index in [1.165, 1.54) is 0 Å². The Morgan fingerprint density at radius 2 is 1.61 bits per heavy atom. The summed E-state index contributed by atoms with van der Waals surface area (Å²) in [5, 5.41) is 3.04. The summed E-state index contributed by atoms with van der Waals surface area (Å²) in [6.45, 7) is 5.42. The van der Waals surface area contributed by atoms with Gasteiger partial charge >= 0.3 is 0 Å². The Balaban J connectivity index is 1.49. The van der Waals surface area contributed by atoms with Gasteiger partial charge in [-0.15, -0.1) is 0 Å². The van der Waals surface area contributed by atoms with Crippen molar-refractivity contribution in [2.75, 3.05) is 13.1 Å². The van der Waals surface area contributed by atoms with Crippen LogP contribution in [0.25, 0.3) is 0 Å². The molecule has 2 aromatic carbocycles. The van der Waals surface area contributed by atoms with Crippen molar-refractivity contribution in [1.29, 1.82) is 0 Å². The summed E-state index contributed by atoms with van der Waals surface area (Å²) in [6.07, 6.45) is 0.758. The Bertz CT molecular complexity index is 784. The molecule has 5 nitrogen and oxygen atoms in total. The highest BCUT2D eigenvalue weighted by Crippen LogP contribution is 2.31. The standard InChI is InChI=1S/C23H28N2O3/c1-18(28-20-11-7-4-8-12-20)21(26)25-15-13-23(2,14-16-25)22(27)24-17-19-9-5-3-6-10-19/h3-12,18H,13-17H2,1-2H3,(H,24,27)/t18-/m0/s1. The molecule has 0 saturated carbocycles. The topological polar surface area (TPSA) is 58.6 Å². The number of hydrogen-bond acceptors (Lipinski definition) is 3. The van der Waals surface area contributed by atoms with Crippen LogP contribution in [0, 0.1) is 5.41 Å². The van der Waals surface area contributed by atoms with Crippen molar-refractivity contribution in [1.82, 2.24) is 10.2 Å². The van der Waals surface area contributed by atoms with Crippen molar-refractivity contribution >= 4 is 11.8 Å². The molecule has 5 heteroatoms. The van der Waals surface area contributed by atoms with E-state index < -0.39 is 11.5 Å². The van der Waals surface area contributed by atoms with Crippen LogP contribution in [0.3, 0.4) is 0 Å².